The molecule has 0 saturated carbocycles. The number of fused-ring (bicyclic) bond motifs is 1. The maximum Gasteiger partial charge on any atom is 0.266 e. The molecule has 0 atom stereocenters. The second-order valence-corrected chi connectivity index (χ2v) is 8.47. The van der Waals surface area contributed by atoms with Gasteiger partial charge in [-0.15, -0.1) is 0 Å². The molecule has 1 heterocycles. The van der Waals surface area contributed by atoms with Gasteiger partial charge in [0.05, 0.1) is 22.3 Å². The third-order valence-corrected chi connectivity index (χ3v) is 5.98. The second kappa shape index (κ2) is 9.87. The second-order valence-electron chi connectivity index (χ2n) is 7.72. The predicted octanol–water partition coefficient (Wildman–Crippen LogP) is 6.06. The van der Waals surface area contributed by atoms with Crippen LogP contribution in [0.3, 0.4) is 0 Å². The molecule has 0 aliphatic carbocycles. The minimum absolute atomic E-state index is 0.142. The molecule has 35 heavy (non-hydrogen) atoms. The highest BCUT2D eigenvalue weighted by atomic mass is 79.9. The van der Waals surface area contributed by atoms with Crippen LogP contribution in [0.2, 0.25) is 0 Å². The van der Waals surface area contributed by atoms with Gasteiger partial charge in [0.15, 0.2) is 4.62 Å². The Hall–Kier alpha value is -4.36. The number of aromatic nitrogens is 2. The van der Waals surface area contributed by atoms with Crippen molar-refractivity contribution in [3.8, 4) is 17.1 Å². The van der Waals surface area contributed by atoms with E-state index >= 15 is 0 Å². The average molecular weight is 523 g/mol. The van der Waals surface area contributed by atoms with E-state index in [0.717, 1.165) is 11.3 Å². The summed E-state index contributed by atoms with van der Waals surface area (Å²) in [6, 6.07) is 33.0. The Balaban J connectivity index is 1.52. The van der Waals surface area contributed by atoms with E-state index < -0.39 is 0 Å². The van der Waals surface area contributed by atoms with E-state index in [1.165, 1.54) is 0 Å². The van der Waals surface area contributed by atoms with E-state index in [1.54, 1.807) is 34.9 Å². The van der Waals surface area contributed by atoms with Crippen molar-refractivity contribution in [3.63, 3.8) is 0 Å². The number of nitrogens with one attached hydrogen (secondary N) is 1. The number of anilines is 1. The van der Waals surface area contributed by atoms with Crippen LogP contribution in [-0.4, -0.2) is 20.0 Å². The van der Waals surface area contributed by atoms with E-state index in [4.69, 9.17) is 4.98 Å². The van der Waals surface area contributed by atoms with Crippen LogP contribution in [0.5, 0.6) is 0 Å². The van der Waals surface area contributed by atoms with Gasteiger partial charge >= 0.3 is 0 Å². The Morgan fingerprint density at radius 2 is 1.43 bits per heavy atom. The number of para-hydroxylation sites is 2. The lowest BCUT2D eigenvalue weighted by atomic mass is 10.1. The van der Waals surface area contributed by atoms with Crippen LogP contribution in [0.1, 0.15) is 10.4 Å². The van der Waals surface area contributed by atoms with Crippen LogP contribution >= 0.6 is 15.9 Å². The molecule has 1 N–H and O–H groups in total. The molecule has 0 saturated heterocycles. The maximum atomic E-state index is 13.5. The fourth-order valence-electron chi connectivity index (χ4n) is 3.71. The number of benzene rings is 4. The van der Waals surface area contributed by atoms with E-state index in [1.807, 2.05) is 78.9 Å². The van der Waals surface area contributed by atoms with Crippen molar-refractivity contribution in [1.29, 1.82) is 0 Å². The van der Waals surface area contributed by atoms with Gasteiger partial charge in [-0.05, 0) is 64.5 Å². The molecular weight excluding hydrogens is 504 g/mol. The number of halogens is 1. The molecule has 1 aromatic heterocycles. The number of nitrogens with zero attached hydrogens (tertiary/aromatic N) is 3. The molecule has 4 aromatic carbocycles. The van der Waals surface area contributed by atoms with E-state index in [0.29, 0.717) is 28.0 Å². The Labute approximate surface area is 209 Å². The summed E-state index contributed by atoms with van der Waals surface area (Å²) >= 11 is 3.25. The molecule has 0 spiro atoms. The summed E-state index contributed by atoms with van der Waals surface area (Å²) < 4.78 is 1.72. The number of hydrogen-bond donors (Lipinski definition) is 1. The van der Waals surface area contributed by atoms with Crippen LogP contribution in [-0.2, 0) is 0 Å². The lowest BCUT2D eigenvalue weighted by Gasteiger charge is -2.14. The van der Waals surface area contributed by atoms with Crippen LogP contribution in [0.25, 0.3) is 28.0 Å². The van der Waals surface area contributed by atoms with Gasteiger partial charge in [0.1, 0.15) is 5.82 Å². The van der Waals surface area contributed by atoms with Crippen molar-refractivity contribution in [2.24, 2.45) is 5.10 Å². The molecule has 0 bridgehead atoms. The minimum atomic E-state index is -0.285. The average Bonchev–Trinajstić information content (AvgIpc) is 2.92. The first-order valence-corrected chi connectivity index (χ1v) is 11.7. The minimum Gasteiger partial charge on any atom is -0.286 e. The third-order valence-electron chi connectivity index (χ3n) is 5.44. The SMILES string of the molecule is O=C(/C(Br)=N/Nc1ccccc1)c1ccc(-n2c(-c3ccccc3)nc3ccccc3c2=O)cc1. The topological polar surface area (TPSA) is 76.3 Å². The summed E-state index contributed by atoms with van der Waals surface area (Å²) in [4.78, 5) is 31.1. The van der Waals surface area contributed by atoms with Crippen LogP contribution in [0.4, 0.5) is 5.69 Å². The molecule has 5 rings (SSSR count). The zero-order chi connectivity index (χ0) is 24.2. The number of ketones is 1. The molecule has 170 valence electrons. The van der Waals surface area contributed by atoms with Gasteiger partial charge in [0, 0.05) is 11.1 Å². The number of hydrazone groups is 1. The summed E-state index contributed by atoms with van der Waals surface area (Å²) in [6.07, 6.45) is 0. The van der Waals surface area contributed by atoms with Gasteiger partial charge in [0.25, 0.3) is 5.56 Å². The van der Waals surface area contributed by atoms with Gasteiger partial charge in [-0.3, -0.25) is 19.6 Å². The van der Waals surface area contributed by atoms with Gasteiger partial charge in [-0.25, -0.2) is 4.98 Å². The van der Waals surface area contributed by atoms with Crippen molar-refractivity contribution >= 4 is 42.9 Å². The molecule has 0 fully saturated rings. The quantitative estimate of drug-likeness (QED) is 0.167. The Bertz CT molecular complexity index is 1600. The van der Waals surface area contributed by atoms with Crippen LogP contribution in [0.15, 0.2) is 119 Å². The summed E-state index contributed by atoms with van der Waals surface area (Å²) in [5.41, 5.74) is 5.93. The Morgan fingerprint density at radius 3 is 2.14 bits per heavy atom. The summed E-state index contributed by atoms with van der Waals surface area (Å²) in [5.74, 6) is 0.246. The molecule has 0 unspecified atom stereocenters. The van der Waals surface area contributed by atoms with Crippen LogP contribution in [0, 0.1) is 0 Å². The number of rotatable bonds is 6. The van der Waals surface area contributed by atoms with Crippen molar-refractivity contribution in [3.05, 3.63) is 125 Å². The number of Topliss-reactive ketones (excluding diaryl/α,β-unsaturated/α-hetero) is 1. The van der Waals surface area contributed by atoms with Crippen molar-refractivity contribution in [1.82, 2.24) is 9.55 Å². The Morgan fingerprint density at radius 1 is 0.800 bits per heavy atom. The predicted molar refractivity (Wildman–Crippen MR) is 144 cm³/mol. The molecule has 5 aromatic rings. The highest BCUT2D eigenvalue weighted by Gasteiger charge is 2.16. The summed E-state index contributed by atoms with van der Waals surface area (Å²) in [5, 5.41) is 4.64. The van der Waals surface area contributed by atoms with Crippen molar-refractivity contribution in [2.45, 2.75) is 0 Å². The highest BCUT2D eigenvalue weighted by molar-refractivity contribution is 9.19. The molecule has 7 heteroatoms. The Kier molecular flexibility index (Phi) is 6.32. The van der Waals surface area contributed by atoms with Crippen molar-refractivity contribution < 1.29 is 4.79 Å². The largest absolute Gasteiger partial charge is 0.286 e. The fraction of sp³-hybridized carbons (Fsp3) is 0. The third kappa shape index (κ3) is 4.67. The summed E-state index contributed by atoms with van der Waals surface area (Å²) in [7, 11) is 0. The number of carbonyl (C=O) groups excluding carboxylic acids is 1. The number of carbonyl (C=O) groups is 1. The van der Waals surface area contributed by atoms with E-state index in [-0.39, 0.29) is 16.0 Å². The van der Waals surface area contributed by atoms with Gasteiger partial charge in [0.2, 0.25) is 5.78 Å². The van der Waals surface area contributed by atoms with Crippen LogP contribution < -0.4 is 11.0 Å². The molecule has 0 aliphatic rings. The zero-order valence-electron chi connectivity index (χ0n) is 18.4. The number of hydrogen-bond acceptors (Lipinski definition) is 5. The molecular formula is C28H19BrN4O2. The smallest absolute Gasteiger partial charge is 0.266 e. The highest BCUT2D eigenvalue weighted by Crippen LogP contribution is 2.22. The van der Waals surface area contributed by atoms with E-state index in [2.05, 4.69) is 26.5 Å². The van der Waals surface area contributed by atoms with Gasteiger partial charge < -0.3 is 0 Å². The fourth-order valence-corrected chi connectivity index (χ4v) is 4.03. The lowest BCUT2D eigenvalue weighted by Crippen LogP contribution is -2.22. The molecule has 0 radical (unpaired) electrons. The lowest BCUT2D eigenvalue weighted by molar-refractivity contribution is 0.106. The van der Waals surface area contributed by atoms with Gasteiger partial charge in [-0.2, -0.15) is 5.10 Å². The normalized spacial score (nSPS) is 11.4. The van der Waals surface area contributed by atoms with Gasteiger partial charge in [-0.1, -0.05) is 60.7 Å². The first-order valence-electron chi connectivity index (χ1n) is 10.9. The standard InChI is InChI=1S/C28H19BrN4O2/c29-26(32-31-21-11-5-2-6-12-21)25(34)19-15-17-22(18-16-19)33-27(20-9-3-1-4-10-20)30-24-14-8-7-13-23(24)28(33)35/h1-18,31H/b32-26-. The monoisotopic (exact) mass is 522 g/mol. The molecule has 0 amide bonds. The van der Waals surface area contributed by atoms with E-state index in [9.17, 15) is 9.59 Å². The summed E-state index contributed by atoms with van der Waals surface area (Å²) in [6.45, 7) is 0. The zero-order valence-corrected chi connectivity index (χ0v) is 20.0. The van der Waals surface area contributed by atoms with Crippen molar-refractivity contribution in [2.75, 3.05) is 5.43 Å². The maximum absolute atomic E-state index is 13.5. The first kappa shape index (κ1) is 22.4. The molecule has 0 aliphatic heterocycles. The molecule has 6 nitrogen and oxygen atoms in total. The first-order chi connectivity index (χ1) is 17.1.